The average Bonchev–Trinajstić information content (AvgIpc) is 2.27. The van der Waals surface area contributed by atoms with Crippen LogP contribution >= 0.6 is 0 Å². The summed E-state index contributed by atoms with van der Waals surface area (Å²) in [5, 5.41) is 0.196. The second kappa shape index (κ2) is 5.36. The summed E-state index contributed by atoms with van der Waals surface area (Å²) in [5.74, 6) is 0.419. The highest BCUT2D eigenvalue weighted by atomic mass is 28.3. The molecule has 1 aromatic carbocycles. The van der Waals surface area contributed by atoms with E-state index in [-0.39, 0.29) is 11.0 Å². The lowest BCUT2D eigenvalue weighted by Gasteiger charge is -2.26. The molecule has 0 saturated carbocycles. The molecule has 94 valence electrons. The van der Waals surface area contributed by atoms with Crippen LogP contribution in [0.15, 0.2) is 24.3 Å². The SMILES string of the molecule is COC(=O)c1cccc(O[SiH](C)C(C)(C)C)c1. The van der Waals surface area contributed by atoms with Crippen LogP contribution in [0.25, 0.3) is 0 Å². The van der Waals surface area contributed by atoms with Crippen LogP contribution in [0.4, 0.5) is 0 Å². The first kappa shape index (κ1) is 13.8. The third-order valence-electron chi connectivity index (χ3n) is 2.79. The largest absolute Gasteiger partial charge is 0.546 e. The lowest BCUT2D eigenvalue weighted by molar-refractivity contribution is 0.0600. The number of carbonyl (C=O) groups is 1. The Hall–Kier alpha value is -1.29. The van der Waals surface area contributed by atoms with Crippen LogP contribution in [-0.2, 0) is 4.74 Å². The summed E-state index contributed by atoms with van der Waals surface area (Å²) < 4.78 is 10.6. The number of carbonyl (C=O) groups excluding carboxylic acids is 1. The Morgan fingerprint density at radius 2 is 1.94 bits per heavy atom. The van der Waals surface area contributed by atoms with Crippen LogP contribution in [0.5, 0.6) is 5.75 Å². The monoisotopic (exact) mass is 252 g/mol. The molecule has 1 atom stereocenters. The second-order valence-corrected chi connectivity index (χ2v) is 8.40. The van der Waals surface area contributed by atoms with Crippen LogP contribution in [0.1, 0.15) is 31.1 Å². The minimum atomic E-state index is -1.33. The van der Waals surface area contributed by atoms with Crippen molar-refractivity contribution in [2.24, 2.45) is 0 Å². The molecule has 0 bridgehead atoms. The molecule has 1 rings (SSSR count). The molecular formula is C13H20O3Si. The van der Waals surface area contributed by atoms with Gasteiger partial charge in [0.15, 0.2) is 0 Å². The van der Waals surface area contributed by atoms with Gasteiger partial charge < -0.3 is 9.16 Å². The van der Waals surface area contributed by atoms with Crippen molar-refractivity contribution in [3.63, 3.8) is 0 Å². The maximum Gasteiger partial charge on any atom is 0.337 e. The highest BCUT2D eigenvalue weighted by Gasteiger charge is 2.24. The third kappa shape index (κ3) is 3.89. The Kier molecular flexibility index (Phi) is 4.34. The third-order valence-corrected chi connectivity index (χ3v) is 5.85. The molecule has 1 unspecified atom stereocenters. The first-order valence-electron chi connectivity index (χ1n) is 5.69. The average molecular weight is 252 g/mol. The van der Waals surface area contributed by atoms with Gasteiger partial charge in [0.1, 0.15) is 5.75 Å². The van der Waals surface area contributed by atoms with Crippen molar-refractivity contribution >= 4 is 15.0 Å². The zero-order valence-corrected chi connectivity index (χ0v) is 12.3. The van der Waals surface area contributed by atoms with E-state index in [0.717, 1.165) is 5.75 Å². The second-order valence-electron chi connectivity index (χ2n) is 5.15. The van der Waals surface area contributed by atoms with Gasteiger partial charge >= 0.3 is 5.97 Å². The fourth-order valence-corrected chi connectivity index (χ4v) is 2.10. The van der Waals surface area contributed by atoms with Gasteiger partial charge in [0.2, 0.25) is 9.04 Å². The van der Waals surface area contributed by atoms with Crippen LogP contribution in [0.3, 0.4) is 0 Å². The first-order valence-corrected chi connectivity index (χ1v) is 7.90. The Bertz CT molecular complexity index is 396. The zero-order valence-electron chi connectivity index (χ0n) is 11.1. The molecule has 0 spiro atoms. The molecule has 17 heavy (non-hydrogen) atoms. The Morgan fingerprint density at radius 3 is 2.47 bits per heavy atom. The lowest BCUT2D eigenvalue weighted by Crippen LogP contribution is -2.28. The minimum absolute atomic E-state index is 0.196. The molecule has 0 saturated heterocycles. The quantitative estimate of drug-likeness (QED) is 0.613. The fraction of sp³-hybridized carbons (Fsp3) is 0.462. The minimum Gasteiger partial charge on any atom is -0.546 e. The predicted octanol–water partition coefficient (Wildman–Crippen LogP) is 3.01. The molecule has 0 aliphatic rings. The van der Waals surface area contributed by atoms with Crippen molar-refractivity contribution in [1.29, 1.82) is 0 Å². The zero-order chi connectivity index (χ0) is 13.1. The fourth-order valence-electron chi connectivity index (χ4n) is 1.20. The van der Waals surface area contributed by atoms with Crippen molar-refractivity contribution in [3.05, 3.63) is 29.8 Å². The van der Waals surface area contributed by atoms with Gasteiger partial charge in [0.25, 0.3) is 0 Å². The van der Waals surface area contributed by atoms with Gasteiger partial charge in [0.05, 0.1) is 12.7 Å². The Labute approximate surface area is 104 Å². The van der Waals surface area contributed by atoms with E-state index in [1.807, 2.05) is 12.1 Å². The van der Waals surface area contributed by atoms with E-state index in [1.165, 1.54) is 7.11 Å². The van der Waals surface area contributed by atoms with Gasteiger partial charge in [-0.15, -0.1) is 0 Å². The number of hydrogen-bond donors (Lipinski definition) is 0. The topological polar surface area (TPSA) is 35.5 Å². The van der Waals surface area contributed by atoms with Gasteiger partial charge in [0, 0.05) is 0 Å². The highest BCUT2D eigenvalue weighted by Crippen LogP contribution is 2.28. The van der Waals surface area contributed by atoms with Gasteiger partial charge in [-0.05, 0) is 29.8 Å². The van der Waals surface area contributed by atoms with Crippen molar-refractivity contribution in [1.82, 2.24) is 0 Å². The number of hydrogen-bond acceptors (Lipinski definition) is 3. The molecule has 1 aromatic rings. The van der Waals surface area contributed by atoms with Gasteiger partial charge in [-0.2, -0.15) is 0 Å². The summed E-state index contributed by atoms with van der Waals surface area (Å²) in [4.78, 5) is 11.4. The molecule has 0 aliphatic carbocycles. The van der Waals surface area contributed by atoms with Crippen molar-refractivity contribution in [2.45, 2.75) is 32.4 Å². The number of ether oxygens (including phenoxy) is 1. The van der Waals surface area contributed by atoms with Crippen LogP contribution < -0.4 is 4.43 Å². The van der Waals surface area contributed by atoms with Gasteiger partial charge in [-0.1, -0.05) is 26.8 Å². The van der Waals surface area contributed by atoms with Gasteiger partial charge in [-0.25, -0.2) is 4.79 Å². The maximum atomic E-state index is 11.4. The number of benzene rings is 1. The number of methoxy groups -OCH3 is 1. The van der Waals surface area contributed by atoms with E-state index >= 15 is 0 Å². The normalized spacial score (nSPS) is 13.0. The van der Waals surface area contributed by atoms with E-state index in [0.29, 0.717) is 5.56 Å². The standard InChI is InChI=1S/C13H20O3Si/c1-13(2,3)17(5)16-11-8-6-7-10(9-11)12(14)15-4/h6-9,17H,1-5H3. The van der Waals surface area contributed by atoms with Crippen molar-refractivity contribution < 1.29 is 14.0 Å². The van der Waals surface area contributed by atoms with Crippen molar-refractivity contribution in [3.8, 4) is 5.75 Å². The number of rotatable bonds is 3. The summed E-state index contributed by atoms with van der Waals surface area (Å²) >= 11 is 0. The highest BCUT2D eigenvalue weighted by molar-refractivity contribution is 6.54. The predicted molar refractivity (Wildman–Crippen MR) is 71.1 cm³/mol. The van der Waals surface area contributed by atoms with E-state index in [9.17, 15) is 4.79 Å². The van der Waals surface area contributed by atoms with E-state index < -0.39 is 9.04 Å². The summed E-state index contributed by atoms with van der Waals surface area (Å²) in [5.41, 5.74) is 0.528. The summed E-state index contributed by atoms with van der Waals surface area (Å²) in [6.45, 7) is 8.68. The van der Waals surface area contributed by atoms with Gasteiger partial charge in [-0.3, -0.25) is 0 Å². The first-order chi connectivity index (χ1) is 7.84. The van der Waals surface area contributed by atoms with E-state index in [1.54, 1.807) is 12.1 Å². The molecule has 3 nitrogen and oxygen atoms in total. The molecule has 0 aliphatic heterocycles. The summed E-state index contributed by atoms with van der Waals surface area (Å²) in [6, 6.07) is 7.15. The molecule has 0 N–H and O–H groups in total. The molecule has 0 radical (unpaired) electrons. The molecular weight excluding hydrogens is 232 g/mol. The lowest BCUT2D eigenvalue weighted by atomic mass is 10.2. The number of esters is 1. The molecule has 0 amide bonds. The Morgan fingerprint density at radius 1 is 1.29 bits per heavy atom. The Balaban J connectivity index is 2.83. The van der Waals surface area contributed by atoms with Crippen LogP contribution in [0.2, 0.25) is 11.6 Å². The molecule has 4 heteroatoms. The summed E-state index contributed by atoms with van der Waals surface area (Å²) in [6.07, 6.45) is 0. The summed E-state index contributed by atoms with van der Waals surface area (Å²) in [7, 11) is 0.0473. The smallest absolute Gasteiger partial charge is 0.337 e. The molecule has 0 fully saturated rings. The molecule has 0 aromatic heterocycles. The van der Waals surface area contributed by atoms with Crippen LogP contribution in [-0.4, -0.2) is 22.1 Å². The van der Waals surface area contributed by atoms with E-state index in [2.05, 4.69) is 32.1 Å². The van der Waals surface area contributed by atoms with E-state index in [4.69, 9.17) is 4.43 Å². The maximum absolute atomic E-state index is 11.4. The molecule has 0 heterocycles. The van der Waals surface area contributed by atoms with Crippen LogP contribution in [0, 0.1) is 0 Å². The van der Waals surface area contributed by atoms with Crippen molar-refractivity contribution in [2.75, 3.05) is 7.11 Å².